The van der Waals surface area contributed by atoms with E-state index in [1.54, 1.807) is 30.5 Å². The number of hydrogen-bond donors (Lipinski definition) is 1. The van der Waals surface area contributed by atoms with Crippen LogP contribution < -0.4 is 10.3 Å². The molecule has 1 aliphatic rings. The van der Waals surface area contributed by atoms with Crippen molar-refractivity contribution in [2.45, 2.75) is 45.6 Å². The van der Waals surface area contributed by atoms with Crippen LogP contribution in [0, 0.1) is 0 Å². The normalized spacial score (nSPS) is 18.4. The van der Waals surface area contributed by atoms with Crippen molar-refractivity contribution < 1.29 is 4.79 Å². The van der Waals surface area contributed by atoms with Gasteiger partial charge in [-0.2, -0.15) is 5.10 Å². The lowest BCUT2D eigenvalue weighted by atomic mass is 9.79. The van der Waals surface area contributed by atoms with E-state index in [9.17, 15) is 4.79 Å². The molecule has 0 saturated carbocycles. The second-order valence-corrected chi connectivity index (χ2v) is 8.12. The van der Waals surface area contributed by atoms with E-state index in [2.05, 4.69) is 55.3 Å². The van der Waals surface area contributed by atoms with E-state index in [4.69, 9.17) is 11.6 Å². The van der Waals surface area contributed by atoms with E-state index < -0.39 is 0 Å². The molecule has 142 valence electrons. The SMILES string of the molecule is CCN1c2ccc(/C=N/NC(=O)c3ccc(Cl)cc3)cc2C(C)CC1(C)C. The summed E-state index contributed by atoms with van der Waals surface area (Å²) in [5.41, 5.74) is 6.86. The Kier molecular flexibility index (Phi) is 5.56. The molecular formula is C22H26ClN3O. The van der Waals surface area contributed by atoms with Gasteiger partial charge in [0.1, 0.15) is 0 Å². The van der Waals surface area contributed by atoms with E-state index in [0.29, 0.717) is 16.5 Å². The number of hydrogen-bond acceptors (Lipinski definition) is 3. The molecule has 0 spiro atoms. The van der Waals surface area contributed by atoms with Gasteiger partial charge in [-0.05, 0) is 80.6 Å². The average Bonchev–Trinajstić information content (AvgIpc) is 2.62. The number of carbonyl (C=O) groups excluding carboxylic acids is 1. The lowest BCUT2D eigenvalue weighted by Crippen LogP contribution is -2.48. The third kappa shape index (κ3) is 4.16. The van der Waals surface area contributed by atoms with Gasteiger partial charge < -0.3 is 4.90 Å². The third-order valence-electron chi connectivity index (χ3n) is 5.21. The van der Waals surface area contributed by atoms with Crippen molar-refractivity contribution in [1.82, 2.24) is 5.43 Å². The predicted octanol–water partition coefficient (Wildman–Crippen LogP) is 5.22. The molecule has 1 aliphatic heterocycles. The van der Waals surface area contributed by atoms with Crippen LogP contribution >= 0.6 is 11.6 Å². The maximum atomic E-state index is 12.1. The molecule has 3 rings (SSSR count). The van der Waals surface area contributed by atoms with E-state index >= 15 is 0 Å². The second-order valence-electron chi connectivity index (χ2n) is 7.69. The molecule has 1 unspecified atom stereocenters. The molecule has 2 aromatic rings. The van der Waals surface area contributed by atoms with Crippen LogP contribution in [-0.4, -0.2) is 24.2 Å². The zero-order valence-corrected chi connectivity index (χ0v) is 17.0. The number of nitrogens with one attached hydrogen (secondary N) is 1. The molecule has 2 aromatic carbocycles. The molecule has 5 heteroatoms. The van der Waals surface area contributed by atoms with Gasteiger partial charge >= 0.3 is 0 Å². The lowest BCUT2D eigenvalue weighted by molar-refractivity contribution is 0.0955. The van der Waals surface area contributed by atoms with Crippen molar-refractivity contribution in [3.63, 3.8) is 0 Å². The molecule has 4 nitrogen and oxygen atoms in total. The molecule has 0 bridgehead atoms. The minimum atomic E-state index is -0.256. The molecule has 0 aliphatic carbocycles. The first-order valence-electron chi connectivity index (χ1n) is 9.32. The van der Waals surface area contributed by atoms with Crippen LogP contribution in [0.15, 0.2) is 47.6 Å². The molecule has 1 heterocycles. The molecule has 0 fully saturated rings. The van der Waals surface area contributed by atoms with Gasteiger partial charge in [-0.3, -0.25) is 4.79 Å². The molecule has 0 radical (unpaired) electrons. The fourth-order valence-corrected chi connectivity index (χ4v) is 4.14. The van der Waals surface area contributed by atoms with Crippen molar-refractivity contribution in [3.8, 4) is 0 Å². The van der Waals surface area contributed by atoms with Gasteiger partial charge in [0.25, 0.3) is 5.91 Å². The fourth-order valence-electron chi connectivity index (χ4n) is 4.02. The first kappa shape index (κ1) is 19.4. The Labute approximate surface area is 166 Å². The monoisotopic (exact) mass is 383 g/mol. The fraction of sp³-hybridized carbons (Fsp3) is 0.364. The topological polar surface area (TPSA) is 44.7 Å². The third-order valence-corrected chi connectivity index (χ3v) is 5.46. The van der Waals surface area contributed by atoms with Crippen LogP contribution in [-0.2, 0) is 0 Å². The van der Waals surface area contributed by atoms with Gasteiger partial charge in [0, 0.05) is 28.4 Å². The molecule has 1 amide bonds. The van der Waals surface area contributed by atoms with E-state index in [-0.39, 0.29) is 11.4 Å². The molecular weight excluding hydrogens is 358 g/mol. The number of hydrazone groups is 1. The van der Waals surface area contributed by atoms with Crippen molar-refractivity contribution in [3.05, 3.63) is 64.2 Å². The molecule has 1 atom stereocenters. The Hall–Kier alpha value is -2.33. The Bertz CT molecular complexity index is 858. The minimum Gasteiger partial charge on any atom is -0.366 e. The van der Waals surface area contributed by atoms with Crippen LogP contribution in [0.4, 0.5) is 5.69 Å². The van der Waals surface area contributed by atoms with Crippen molar-refractivity contribution in [1.29, 1.82) is 0 Å². The average molecular weight is 384 g/mol. The summed E-state index contributed by atoms with van der Waals surface area (Å²) in [4.78, 5) is 14.6. The summed E-state index contributed by atoms with van der Waals surface area (Å²) < 4.78 is 0. The Morgan fingerprint density at radius 1 is 1.30 bits per heavy atom. The quantitative estimate of drug-likeness (QED) is 0.581. The van der Waals surface area contributed by atoms with E-state index in [1.165, 1.54) is 11.3 Å². The number of fused-ring (bicyclic) bond motifs is 1. The second kappa shape index (κ2) is 7.73. The standard InChI is InChI=1S/C22H26ClN3O/c1-5-26-20-11-6-16(12-19(20)15(2)13-22(26,3)4)14-24-25-21(27)17-7-9-18(23)10-8-17/h6-12,14-15H,5,13H2,1-4H3,(H,25,27)/b24-14+. The molecule has 27 heavy (non-hydrogen) atoms. The number of carbonyl (C=O) groups is 1. The van der Waals surface area contributed by atoms with Crippen LogP contribution in [0.3, 0.4) is 0 Å². The van der Waals surface area contributed by atoms with Crippen molar-refractivity contribution in [2.75, 3.05) is 11.4 Å². The number of amides is 1. The van der Waals surface area contributed by atoms with Gasteiger partial charge in [-0.25, -0.2) is 5.43 Å². The highest BCUT2D eigenvalue weighted by molar-refractivity contribution is 6.30. The van der Waals surface area contributed by atoms with E-state index in [0.717, 1.165) is 18.5 Å². The van der Waals surface area contributed by atoms with Crippen molar-refractivity contribution >= 4 is 29.4 Å². The lowest BCUT2D eigenvalue weighted by Gasteiger charge is -2.47. The summed E-state index contributed by atoms with van der Waals surface area (Å²) >= 11 is 5.84. The highest BCUT2D eigenvalue weighted by Crippen LogP contribution is 2.43. The smallest absolute Gasteiger partial charge is 0.271 e. The molecule has 0 saturated heterocycles. The van der Waals surface area contributed by atoms with Gasteiger partial charge in [0.15, 0.2) is 0 Å². The summed E-state index contributed by atoms with van der Waals surface area (Å²) in [5, 5.41) is 4.71. The maximum Gasteiger partial charge on any atom is 0.271 e. The van der Waals surface area contributed by atoms with Gasteiger partial charge in [0.2, 0.25) is 0 Å². The predicted molar refractivity (Wildman–Crippen MR) is 113 cm³/mol. The molecule has 1 N–H and O–H groups in total. The number of nitrogens with zero attached hydrogens (tertiary/aromatic N) is 2. The van der Waals surface area contributed by atoms with Crippen molar-refractivity contribution in [2.24, 2.45) is 5.10 Å². The minimum absolute atomic E-state index is 0.156. The van der Waals surface area contributed by atoms with Gasteiger partial charge in [-0.1, -0.05) is 24.6 Å². The summed E-state index contributed by atoms with van der Waals surface area (Å²) in [5.74, 6) is 0.225. The zero-order chi connectivity index (χ0) is 19.6. The van der Waals surface area contributed by atoms with Crippen LogP contribution in [0.25, 0.3) is 0 Å². The summed E-state index contributed by atoms with van der Waals surface area (Å²) in [6.45, 7) is 10.1. The number of halogens is 1. The highest BCUT2D eigenvalue weighted by atomic mass is 35.5. The summed E-state index contributed by atoms with van der Waals surface area (Å²) in [6.07, 6.45) is 2.80. The summed E-state index contributed by atoms with van der Waals surface area (Å²) in [7, 11) is 0. The number of rotatable bonds is 4. The number of anilines is 1. The largest absolute Gasteiger partial charge is 0.366 e. The van der Waals surface area contributed by atoms with Gasteiger partial charge in [-0.15, -0.1) is 0 Å². The van der Waals surface area contributed by atoms with Crippen LogP contribution in [0.5, 0.6) is 0 Å². The van der Waals surface area contributed by atoms with Gasteiger partial charge in [0.05, 0.1) is 6.21 Å². The first-order chi connectivity index (χ1) is 12.8. The zero-order valence-electron chi connectivity index (χ0n) is 16.3. The molecule has 0 aromatic heterocycles. The van der Waals surface area contributed by atoms with E-state index in [1.807, 2.05) is 6.07 Å². The maximum absolute atomic E-state index is 12.1. The van der Waals surface area contributed by atoms with Crippen LogP contribution in [0.2, 0.25) is 5.02 Å². The number of benzene rings is 2. The Morgan fingerprint density at radius 2 is 2.00 bits per heavy atom. The highest BCUT2D eigenvalue weighted by Gasteiger charge is 2.35. The summed E-state index contributed by atoms with van der Waals surface area (Å²) in [6, 6.07) is 13.1. The van der Waals surface area contributed by atoms with Crippen LogP contribution in [0.1, 0.15) is 61.5 Å². The Balaban J connectivity index is 1.75. The Morgan fingerprint density at radius 3 is 2.67 bits per heavy atom. The first-order valence-corrected chi connectivity index (χ1v) is 9.70.